The van der Waals surface area contributed by atoms with Gasteiger partial charge in [-0.15, -0.1) is 0 Å². The van der Waals surface area contributed by atoms with Crippen LogP contribution in [-0.4, -0.2) is 15.2 Å². The topological polar surface area (TPSA) is 67.6 Å². The summed E-state index contributed by atoms with van der Waals surface area (Å²) in [6.45, 7) is 0. The minimum absolute atomic E-state index is 0. The first-order chi connectivity index (χ1) is 2.89. The number of nitrogens with zero attached hydrogens (tertiary/aromatic N) is 2. The van der Waals surface area contributed by atoms with Crippen LogP contribution in [0.3, 0.4) is 0 Å². The molecule has 0 aromatic carbocycles. The first-order valence-corrected chi connectivity index (χ1v) is 1.50. The van der Waals surface area contributed by atoms with Gasteiger partial charge in [-0.25, -0.2) is 10.1 Å². The predicted molar refractivity (Wildman–Crippen MR) is 20.8 cm³/mol. The first kappa shape index (κ1) is 11.8. The maximum absolute atomic E-state index is 5.05. The minimum Gasteiger partial charge on any atom is -1.00 e. The number of nitrogen functional groups attached to an aromatic ring is 1. The molecular formula is C2H4BrKN4. The normalized spacial score (nSPS) is 6.50. The first-order valence-electron chi connectivity index (χ1n) is 1.50. The zero-order valence-corrected chi connectivity index (χ0v) is 9.14. The number of H-pyrrole nitrogens is 1. The number of aromatic amines is 1. The van der Waals surface area contributed by atoms with E-state index in [4.69, 9.17) is 5.73 Å². The van der Waals surface area contributed by atoms with Crippen molar-refractivity contribution >= 4 is 5.95 Å². The van der Waals surface area contributed by atoms with E-state index in [1.807, 2.05) is 0 Å². The smallest absolute Gasteiger partial charge is 1.00 e. The molecule has 4 nitrogen and oxygen atoms in total. The van der Waals surface area contributed by atoms with Crippen LogP contribution in [0.4, 0.5) is 5.95 Å². The molecule has 0 radical (unpaired) electrons. The molecule has 0 saturated carbocycles. The number of nitrogens with one attached hydrogen (secondary N) is 1. The van der Waals surface area contributed by atoms with Crippen LogP contribution in [0.1, 0.15) is 0 Å². The summed E-state index contributed by atoms with van der Waals surface area (Å²) in [6.07, 6.45) is 1.36. The van der Waals surface area contributed by atoms with Gasteiger partial charge >= 0.3 is 51.4 Å². The van der Waals surface area contributed by atoms with Crippen molar-refractivity contribution in [3.63, 3.8) is 0 Å². The summed E-state index contributed by atoms with van der Waals surface area (Å²) in [5.41, 5.74) is 5.05. The molecule has 1 rings (SSSR count). The third kappa shape index (κ3) is 3.99. The van der Waals surface area contributed by atoms with Crippen LogP contribution in [-0.2, 0) is 0 Å². The van der Waals surface area contributed by atoms with Gasteiger partial charge in [-0.2, -0.15) is 5.10 Å². The van der Waals surface area contributed by atoms with Gasteiger partial charge < -0.3 is 22.7 Å². The molecule has 0 aliphatic heterocycles. The summed E-state index contributed by atoms with van der Waals surface area (Å²) in [5, 5.41) is 5.88. The number of hydrogen-bond acceptors (Lipinski definition) is 3. The number of rotatable bonds is 0. The van der Waals surface area contributed by atoms with Gasteiger partial charge in [-0.3, -0.25) is 0 Å². The summed E-state index contributed by atoms with van der Waals surface area (Å²) < 4.78 is 0. The SMILES string of the molecule is Nc1ncn[nH]1.[Br-].[K+]. The summed E-state index contributed by atoms with van der Waals surface area (Å²) in [7, 11) is 0. The Bertz CT molecular complexity index is 118. The molecule has 0 fully saturated rings. The fourth-order valence-corrected chi connectivity index (χ4v) is 0.215. The molecule has 3 N–H and O–H groups in total. The standard InChI is InChI=1S/C2H4N4.BrH.K/c3-2-4-1-5-6-2;;/h1H,(H3,3,4,5,6);1H;/q;;+1/p-1. The molecule has 1 heterocycles. The van der Waals surface area contributed by atoms with Crippen molar-refractivity contribution in [1.29, 1.82) is 0 Å². The molecule has 0 spiro atoms. The molecule has 1 aromatic heterocycles. The predicted octanol–water partition coefficient (Wildman–Crippen LogP) is -6.61. The Morgan fingerprint density at radius 2 is 2.25 bits per heavy atom. The molecule has 8 heavy (non-hydrogen) atoms. The van der Waals surface area contributed by atoms with E-state index in [1.165, 1.54) is 6.33 Å². The van der Waals surface area contributed by atoms with Gasteiger partial charge in [0.25, 0.3) is 0 Å². The minimum atomic E-state index is 0. The van der Waals surface area contributed by atoms with Crippen LogP contribution >= 0.6 is 0 Å². The van der Waals surface area contributed by atoms with E-state index < -0.39 is 0 Å². The van der Waals surface area contributed by atoms with Crippen molar-refractivity contribution in [1.82, 2.24) is 15.2 Å². The van der Waals surface area contributed by atoms with E-state index in [0.717, 1.165) is 0 Å². The van der Waals surface area contributed by atoms with E-state index in [1.54, 1.807) is 0 Å². The molecule has 6 heteroatoms. The quantitative estimate of drug-likeness (QED) is 0.412. The van der Waals surface area contributed by atoms with E-state index in [0.29, 0.717) is 5.95 Å². The summed E-state index contributed by atoms with van der Waals surface area (Å²) >= 11 is 0. The number of hydrogen-bond donors (Lipinski definition) is 2. The van der Waals surface area contributed by atoms with Gasteiger partial charge in [0.2, 0.25) is 5.95 Å². The third-order valence-electron chi connectivity index (χ3n) is 0.434. The molecular weight excluding hydrogens is 199 g/mol. The second kappa shape index (κ2) is 6.18. The number of anilines is 1. The Balaban J connectivity index is 0. The van der Waals surface area contributed by atoms with Crippen LogP contribution in [0.5, 0.6) is 0 Å². The maximum Gasteiger partial charge on any atom is 1.00 e. The van der Waals surface area contributed by atoms with Crippen molar-refractivity contribution in [2.75, 3.05) is 5.73 Å². The average molecular weight is 203 g/mol. The molecule has 0 unspecified atom stereocenters. The molecule has 0 atom stereocenters. The van der Waals surface area contributed by atoms with Gasteiger partial charge in [0.15, 0.2) is 0 Å². The molecule has 0 aliphatic carbocycles. The fraction of sp³-hybridized carbons (Fsp3) is 0. The molecule has 1 aromatic rings. The number of nitrogens with two attached hydrogens (primary N) is 1. The Labute approximate surface area is 99.8 Å². The molecule has 0 bridgehead atoms. The molecule has 40 valence electrons. The Hall–Kier alpha value is 1.06. The Morgan fingerprint density at radius 1 is 1.62 bits per heavy atom. The van der Waals surface area contributed by atoms with Crippen molar-refractivity contribution < 1.29 is 68.4 Å². The molecule has 0 aliphatic rings. The van der Waals surface area contributed by atoms with E-state index in [2.05, 4.69) is 15.2 Å². The number of halogens is 1. The Kier molecular flexibility index (Phi) is 9.12. The zero-order chi connectivity index (χ0) is 4.41. The summed E-state index contributed by atoms with van der Waals surface area (Å²) in [5.74, 6) is 0.356. The van der Waals surface area contributed by atoms with Crippen LogP contribution in [0.25, 0.3) is 0 Å². The van der Waals surface area contributed by atoms with Gasteiger partial charge in [0.1, 0.15) is 6.33 Å². The van der Waals surface area contributed by atoms with Crippen LogP contribution in [0, 0.1) is 0 Å². The van der Waals surface area contributed by atoms with E-state index in [-0.39, 0.29) is 68.4 Å². The second-order valence-electron chi connectivity index (χ2n) is 0.871. The Morgan fingerprint density at radius 3 is 2.38 bits per heavy atom. The molecule has 0 amide bonds. The average Bonchev–Trinajstić information content (AvgIpc) is 1.86. The van der Waals surface area contributed by atoms with Gasteiger partial charge in [0, 0.05) is 0 Å². The van der Waals surface area contributed by atoms with Gasteiger partial charge in [-0.1, -0.05) is 0 Å². The molecule has 0 saturated heterocycles. The van der Waals surface area contributed by atoms with Crippen molar-refractivity contribution in [2.24, 2.45) is 0 Å². The van der Waals surface area contributed by atoms with Crippen molar-refractivity contribution in [3.8, 4) is 0 Å². The number of aromatic nitrogens is 3. The van der Waals surface area contributed by atoms with Crippen molar-refractivity contribution in [2.45, 2.75) is 0 Å². The van der Waals surface area contributed by atoms with E-state index in [9.17, 15) is 0 Å². The monoisotopic (exact) mass is 202 g/mol. The largest absolute Gasteiger partial charge is 1.00 e. The maximum atomic E-state index is 5.05. The van der Waals surface area contributed by atoms with Gasteiger partial charge in [-0.05, 0) is 0 Å². The zero-order valence-electron chi connectivity index (χ0n) is 4.43. The summed E-state index contributed by atoms with van der Waals surface area (Å²) in [4.78, 5) is 3.53. The van der Waals surface area contributed by atoms with Gasteiger partial charge in [0.05, 0.1) is 0 Å². The van der Waals surface area contributed by atoms with Crippen molar-refractivity contribution in [3.05, 3.63) is 6.33 Å². The third-order valence-corrected chi connectivity index (χ3v) is 0.434. The van der Waals surface area contributed by atoms with Crippen LogP contribution in [0.15, 0.2) is 6.33 Å². The van der Waals surface area contributed by atoms with Crippen LogP contribution < -0.4 is 74.1 Å². The second-order valence-corrected chi connectivity index (χ2v) is 0.871. The van der Waals surface area contributed by atoms with E-state index >= 15 is 0 Å². The van der Waals surface area contributed by atoms with Crippen LogP contribution in [0.2, 0.25) is 0 Å². The fourth-order valence-electron chi connectivity index (χ4n) is 0.215. The summed E-state index contributed by atoms with van der Waals surface area (Å²) in [6, 6.07) is 0.